The molecule has 122 valence electrons. The van der Waals surface area contributed by atoms with Crippen LogP contribution in [-0.2, 0) is 23.9 Å². The van der Waals surface area contributed by atoms with Crippen LogP contribution in [0.15, 0.2) is 0 Å². The van der Waals surface area contributed by atoms with E-state index < -0.39 is 35.3 Å². The Morgan fingerprint density at radius 2 is 1.71 bits per heavy atom. The van der Waals surface area contributed by atoms with E-state index in [4.69, 9.17) is 5.11 Å². The average Bonchev–Trinajstić information content (AvgIpc) is 2.29. The van der Waals surface area contributed by atoms with Gasteiger partial charge in [0.25, 0.3) is 0 Å². The molecule has 0 rings (SSSR count). The molecule has 0 radical (unpaired) electrons. The van der Waals surface area contributed by atoms with Gasteiger partial charge >= 0.3 is 23.8 Å². The summed E-state index contributed by atoms with van der Waals surface area (Å²) in [6.45, 7) is 5.20. The number of hydrogen-bond donors (Lipinski definition) is 1. The van der Waals surface area contributed by atoms with Crippen LogP contribution in [0.1, 0.15) is 40.5 Å². The van der Waals surface area contributed by atoms with Gasteiger partial charge in [-0.25, -0.2) is 4.79 Å². The number of hydrogen-bond acceptors (Lipinski definition) is 5. The molecule has 0 aromatic rings. The van der Waals surface area contributed by atoms with E-state index in [1.165, 1.54) is 27.7 Å². The van der Waals surface area contributed by atoms with Crippen LogP contribution in [-0.4, -0.2) is 41.6 Å². The van der Waals surface area contributed by atoms with E-state index in [1.54, 1.807) is 0 Å². The van der Waals surface area contributed by atoms with Crippen LogP contribution < -0.4 is 0 Å². The molecule has 0 aliphatic rings. The van der Waals surface area contributed by atoms with Gasteiger partial charge in [-0.2, -0.15) is 8.78 Å². The summed E-state index contributed by atoms with van der Waals surface area (Å²) in [6, 6.07) is 0. The smallest absolute Gasteiger partial charge is 0.379 e. The van der Waals surface area contributed by atoms with Crippen molar-refractivity contribution in [1.82, 2.24) is 0 Å². The zero-order valence-corrected chi connectivity index (χ0v) is 12.4. The number of ether oxygens (including phenoxy) is 2. The first-order valence-electron chi connectivity index (χ1n) is 6.33. The fraction of sp³-hybridized carbons (Fsp3) is 0.769. The van der Waals surface area contributed by atoms with Gasteiger partial charge in [-0.05, 0) is 6.42 Å². The molecular formula is C13H20F2O6. The minimum Gasteiger partial charge on any atom is -0.477 e. The van der Waals surface area contributed by atoms with Crippen LogP contribution in [0.3, 0.4) is 0 Å². The summed E-state index contributed by atoms with van der Waals surface area (Å²) in [4.78, 5) is 32.7. The van der Waals surface area contributed by atoms with Crippen molar-refractivity contribution in [3.8, 4) is 0 Å². The fourth-order valence-corrected chi connectivity index (χ4v) is 1.53. The highest BCUT2D eigenvalue weighted by atomic mass is 19.3. The van der Waals surface area contributed by atoms with Gasteiger partial charge in [-0.15, -0.1) is 0 Å². The Morgan fingerprint density at radius 3 is 2.10 bits per heavy atom. The van der Waals surface area contributed by atoms with Gasteiger partial charge < -0.3 is 14.6 Å². The van der Waals surface area contributed by atoms with E-state index in [1.807, 2.05) is 0 Å². The predicted molar refractivity (Wildman–Crippen MR) is 67.8 cm³/mol. The lowest BCUT2D eigenvalue weighted by Crippen LogP contribution is -2.51. The van der Waals surface area contributed by atoms with Crippen molar-refractivity contribution < 1.29 is 37.7 Å². The summed E-state index contributed by atoms with van der Waals surface area (Å²) in [6.07, 6.45) is -2.24. The summed E-state index contributed by atoms with van der Waals surface area (Å²) in [7, 11) is 0. The number of alkyl halides is 2. The molecule has 21 heavy (non-hydrogen) atoms. The lowest BCUT2D eigenvalue weighted by atomic mass is 9.85. The third kappa shape index (κ3) is 6.50. The number of halogens is 2. The van der Waals surface area contributed by atoms with E-state index in [2.05, 4.69) is 9.47 Å². The largest absolute Gasteiger partial charge is 0.477 e. The van der Waals surface area contributed by atoms with Crippen molar-refractivity contribution >= 4 is 17.9 Å². The number of esters is 2. The molecule has 0 saturated heterocycles. The second-order valence-corrected chi connectivity index (χ2v) is 5.61. The molecular weight excluding hydrogens is 290 g/mol. The minimum absolute atomic E-state index is 0.0417. The van der Waals surface area contributed by atoms with Crippen LogP contribution >= 0.6 is 0 Å². The number of rotatable bonds is 7. The molecule has 0 heterocycles. The van der Waals surface area contributed by atoms with Crippen LogP contribution in [0.4, 0.5) is 8.78 Å². The number of carbonyl (C=O) groups excluding carboxylic acids is 2. The molecule has 0 aromatic carbocycles. The van der Waals surface area contributed by atoms with Gasteiger partial charge in [0.15, 0.2) is 6.10 Å². The van der Waals surface area contributed by atoms with E-state index in [9.17, 15) is 23.2 Å². The maximum absolute atomic E-state index is 13.6. The van der Waals surface area contributed by atoms with E-state index in [0.717, 1.165) is 0 Å². The van der Waals surface area contributed by atoms with Crippen molar-refractivity contribution in [2.24, 2.45) is 5.41 Å². The van der Waals surface area contributed by atoms with Crippen molar-refractivity contribution in [1.29, 1.82) is 0 Å². The maximum Gasteiger partial charge on any atom is 0.379 e. The highest BCUT2D eigenvalue weighted by molar-refractivity contribution is 5.77. The van der Waals surface area contributed by atoms with E-state index in [0.29, 0.717) is 0 Å². The van der Waals surface area contributed by atoms with Gasteiger partial charge in [-0.1, -0.05) is 20.8 Å². The minimum atomic E-state index is -4.19. The Balaban J connectivity index is 4.67. The standard InChI is InChI=1S/C13H20F2O6/c1-8(16)20-7-5-6-9(17)21-10(12(2,3)4)13(14,15)11(18)19/h10H,5-7H2,1-4H3,(H,18,19). The Hall–Kier alpha value is -1.73. The second kappa shape index (κ2) is 7.33. The normalized spacial score (nSPS) is 13.4. The van der Waals surface area contributed by atoms with Gasteiger partial charge in [0.05, 0.1) is 6.61 Å². The summed E-state index contributed by atoms with van der Waals surface area (Å²) < 4.78 is 36.4. The Labute approximate surface area is 121 Å². The molecule has 6 nitrogen and oxygen atoms in total. The van der Waals surface area contributed by atoms with Gasteiger partial charge in [-0.3, -0.25) is 9.59 Å². The highest BCUT2D eigenvalue weighted by Crippen LogP contribution is 2.35. The molecule has 0 aromatic heterocycles. The molecule has 8 heteroatoms. The summed E-state index contributed by atoms with van der Waals surface area (Å²) in [5, 5.41) is 8.56. The molecule has 0 spiro atoms. The molecule has 0 saturated carbocycles. The van der Waals surface area contributed by atoms with Gasteiger partial charge in [0.1, 0.15) is 0 Å². The molecule has 0 aliphatic heterocycles. The predicted octanol–water partition coefficient (Wildman–Crippen LogP) is 2.01. The third-order valence-electron chi connectivity index (χ3n) is 2.48. The van der Waals surface area contributed by atoms with Crippen molar-refractivity contribution in [3.63, 3.8) is 0 Å². The number of carbonyl (C=O) groups is 3. The molecule has 1 unspecified atom stereocenters. The lowest BCUT2D eigenvalue weighted by Gasteiger charge is -2.33. The summed E-state index contributed by atoms with van der Waals surface area (Å²) in [5.74, 6) is -8.03. The van der Waals surface area contributed by atoms with E-state index >= 15 is 0 Å². The van der Waals surface area contributed by atoms with Gasteiger partial charge in [0, 0.05) is 18.8 Å². The average molecular weight is 310 g/mol. The fourth-order valence-electron chi connectivity index (χ4n) is 1.53. The van der Waals surface area contributed by atoms with Crippen LogP contribution in [0.2, 0.25) is 0 Å². The lowest BCUT2D eigenvalue weighted by molar-refractivity contribution is -0.207. The monoisotopic (exact) mass is 310 g/mol. The SMILES string of the molecule is CC(=O)OCCCC(=O)OC(C(C)(C)C)C(F)(F)C(=O)O. The summed E-state index contributed by atoms with van der Waals surface area (Å²) in [5.41, 5.74) is -1.26. The molecule has 1 N–H and O–H groups in total. The Bertz CT molecular complexity index is 400. The van der Waals surface area contributed by atoms with E-state index in [-0.39, 0.29) is 19.4 Å². The second-order valence-electron chi connectivity index (χ2n) is 5.61. The third-order valence-corrected chi connectivity index (χ3v) is 2.48. The first-order valence-corrected chi connectivity index (χ1v) is 6.33. The summed E-state index contributed by atoms with van der Waals surface area (Å²) >= 11 is 0. The molecule has 0 aliphatic carbocycles. The first kappa shape index (κ1) is 19.3. The first-order chi connectivity index (χ1) is 9.39. The Morgan fingerprint density at radius 1 is 1.19 bits per heavy atom. The van der Waals surface area contributed by atoms with Crippen LogP contribution in [0.25, 0.3) is 0 Å². The van der Waals surface area contributed by atoms with Gasteiger partial charge in [0.2, 0.25) is 0 Å². The molecule has 0 amide bonds. The van der Waals surface area contributed by atoms with Crippen molar-refractivity contribution in [2.45, 2.75) is 52.6 Å². The molecule has 1 atom stereocenters. The maximum atomic E-state index is 13.6. The zero-order valence-electron chi connectivity index (χ0n) is 12.4. The molecule has 0 fully saturated rings. The van der Waals surface area contributed by atoms with Crippen molar-refractivity contribution in [3.05, 3.63) is 0 Å². The van der Waals surface area contributed by atoms with Crippen LogP contribution in [0.5, 0.6) is 0 Å². The van der Waals surface area contributed by atoms with Crippen molar-refractivity contribution in [2.75, 3.05) is 6.61 Å². The number of carboxylic acid groups (broad SMARTS) is 1. The topological polar surface area (TPSA) is 89.9 Å². The number of aliphatic carboxylic acids is 1. The van der Waals surface area contributed by atoms with Crippen LogP contribution in [0, 0.1) is 5.41 Å². The highest BCUT2D eigenvalue weighted by Gasteiger charge is 2.55. The molecule has 0 bridgehead atoms. The quantitative estimate of drug-likeness (QED) is 0.571. The number of carboxylic acids is 1. The Kier molecular flexibility index (Phi) is 6.72. The zero-order chi connectivity index (χ0) is 16.8.